The number of rotatable bonds is 3. The third-order valence-corrected chi connectivity index (χ3v) is 3.21. The second kappa shape index (κ2) is 6.15. The van der Waals surface area contributed by atoms with E-state index in [0.717, 1.165) is 5.57 Å². The monoisotopic (exact) mass is 238 g/mol. The highest BCUT2D eigenvalue weighted by Gasteiger charge is 2.45. The SMILES string of the molecule is CC=C1CCOC(C=C/C=C/C)(C(C)O)C1O. The summed E-state index contributed by atoms with van der Waals surface area (Å²) in [6.07, 6.45) is 8.33. The van der Waals surface area contributed by atoms with Crippen molar-refractivity contribution < 1.29 is 14.9 Å². The molecule has 3 heteroatoms. The van der Waals surface area contributed by atoms with Gasteiger partial charge in [0.1, 0.15) is 11.7 Å². The maximum atomic E-state index is 10.3. The summed E-state index contributed by atoms with van der Waals surface area (Å²) in [7, 11) is 0. The van der Waals surface area contributed by atoms with E-state index in [0.29, 0.717) is 13.0 Å². The molecule has 1 fully saturated rings. The molecule has 3 nitrogen and oxygen atoms in total. The average molecular weight is 238 g/mol. The average Bonchev–Trinajstić information content (AvgIpc) is 2.31. The summed E-state index contributed by atoms with van der Waals surface area (Å²) in [6.45, 7) is 5.96. The zero-order valence-corrected chi connectivity index (χ0v) is 10.8. The highest BCUT2D eigenvalue weighted by atomic mass is 16.5. The minimum Gasteiger partial charge on any atom is -0.390 e. The molecule has 0 bridgehead atoms. The third-order valence-electron chi connectivity index (χ3n) is 3.21. The van der Waals surface area contributed by atoms with Gasteiger partial charge in [0.05, 0.1) is 12.7 Å². The molecule has 3 unspecified atom stereocenters. The Morgan fingerprint density at radius 2 is 2.12 bits per heavy atom. The van der Waals surface area contributed by atoms with Gasteiger partial charge in [0.2, 0.25) is 0 Å². The molecule has 0 radical (unpaired) electrons. The summed E-state index contributed by atoms with van der Waals surface area (Å²) in [5.41, 5.74) is -0.109. The molecule has 96 valence electrons. The van der Waals surface area contributed by atoms with E-state index < -0.39 is 17.8 Å². The van der Waals surface area contributed by atoms with Crippen molar-refractivity contribution >= 4 is 0 Å². The van der Waals surface area contributed by atoms with E-state index >= 15 is 0 Å². The standard InChI is InChI=1S/C14H22O3/c1-4-6-7-9-14(11(3)15)13(16)12(5-2)8-10-17-14/h4-7,9,11,13,15-16H,8,10H2,1-3H3/b6-4+,9-7?,12-5?. The van der Waals surface area contributed by atoms with Crippen molar-refractivity contribution in [2.75, 3.05) is 6.61 Å². The molecular formula is C14H22O3. The predicted molar refractivity (Wildman–Crippen MR) is 68.7 cm³/mol. The lowest BCUT2D eigenvalue weighted by Crippen LogP contribution is -2.55. The lowest BCUT2D eigenvalue weighted by atomic mass is 9.82. The van der Waals surface area contributed by atoms with Crippen LogP contribution in [0.25, 0.3) is 0 Å². The zero-order chi connectivity index (χ0) is 12.9. The molecule has 1 aliphatic heterocycles. The molecule has 3 atom stereocenters. The number of ether oxygens (including phenoxy) is 1. The van der Waals surface area contributed by atoms with Gasteiger partial charge in [-0.25, -0.2) is 0 Å². The highest BCUT2D eigenvalue weighted by molar-refractivity contribution is 5.25. The minimum absolute atomic E-state index is 0.516. The van der Waals surface area contributed by atoms with Gasteiger partial charge in [-0.05, 0) is 38.8 Å². The Morgan fingerprint density at radius 1 is 1.41 bits per heavy atom. The second-order valence-corrected chi connectivity index (χ2v) is 4.28. The van der Waals surface area contributed by atoms with Crippen molar-refractivity contribution in [1.29, 1.82) is 0 Å². The predicted octanol–water partition coefficient (Wildman–Crippen LogP) is 1.97. The van der Waals surface area contributed by atoms with Crippen LogP contribution in [0.4, 0.5) is 0 Å². The van der Waals surface area contributed by atoms with Crippen LogP contribution in [0.15, 0.2) is 36.0 Å². The Morgan fingerprint density at radius 3 is 2.65 bits per heavy atom. The summed E-state index contributed by atoms with van der Waals surface area (Å²) in [5.74, 6) is 0. The maximum Gasteiger partial charge on any atom is 0.142 e. The summed E-state index contributed by atoms with van der Waals surface area (Å²) in [5, 5.41) is 20.2. The first-order chi connectivity index (χ1) is 8.08. The van der Waals surface area contributed by atoms with Crippen LogP contribution < -0.4 is 0 Å². The summed E-state index contributed by atoms with van der Waals surface area (Å²) in [6, 6.07) is 0. The topological polar surface area (TPSA) is 49.7 Å². The second-order valence-electron chi connectivity index (χ2n) is 4.28. The fourth-order valence-corrected chi connectivity index (χ4v) is 2.10. The molecule has 0 aromatic heterocycles. The fourth-order valence-electron chi connectivity index (χ4n) is 2.10. The normalized spacial score (nSPS) is 34.9. The maximum absolute atomic E-state index is 10.3. The van der Waals surface area contributed by atoms with Crippen LogP contribution in [0.1, 0.15) is 27.2 Å². The van der Waals surface area contributed by atoms with Gasteiger partial charge in [0.15, 0.2) is 0 Å². The Labute approximate surface area is 103 Å². The molecule has 2 N–H and O–H groups in total. The molecular weight excluding hydrogens is 216 g/mol. The molecule has 0 amide bonds. The molecule has 1 saturated heterocycles. The molecule has 17 heavy (non-hydrogen) atoms. The Kier molecular flexibility index (Phi) is 5.12. The van der Waals surface area contributed by atoms with E-state index in [1.54, 1.807) is 19.1 Å². The summed E-state index contributed by atoms with van der Waals surface area (Å²) in [4.78, 5) is 0. The number of hydrogen-bond donors (Lipinski definition) is 2. The number of aliphatic hydroxyl groups excluding tert-OH is 2. The lowest BCUT2D eigenvalue weighted by Gasteiger charge is -2.42. The molecule has 0 saturated carbocycles. The van der Waals surface area contributed by atoms with Crippen LogP contribution in [-0.2, 0) is 4.74 Å². The van der Waals surface area contributed by atoms with Crippen molar-refractivity contribution in [2.45, 2.75) is 45.0 Å². The van der Waals surface area contributed by atoms with E-state index in [1.165, 1.54) is 0 Å². The first-order valence-corrected chi connectivity index (χ1v) is 6.04. The van der Waals surface area contributed by atoms with E-state index in [9.17, 15) is 10.2 Å². The van der Waals surface area contributed by atoms with Crippen molar-refractivity contribution in [1.82, 2.24) is 0 Å². The van der Waals surface area contributed by atoms with Crippen molar-refractivity contribution in [3.05, 3.63) is 36.0 Å². The number of aliphatic hydroxyl groups is 2. The molecule has 0 aromatic rings. The molecule has 0 aliphatic carbocycles. The minimum atomic E-state index is -1.03. The largest absolute Gasteiger partial charge is 0.390 e. The first-order valence-electron chi connectivity index (χ1n) is 6.04. The van der Waals surface area contributed by atoms with Crippen molar-refractivity contribution in [2.24, 2.45) is 0 Å². The van der Waals surface area contributed by atoms with Gasteiger partial charge in [0, 0.05) is 0 Å². The fraction of sp³-hybridized carbons (Fsp3) is 0.571. The van der Waals surface area contributed by atoms with Gasteiger partial charge in [-0.15, -0.1) is 0 Å². The zero-order valence-electron chi connectivity index (χ0n) is 10.8. The lowest BCUT2D eigenvalue weighted by molar-refractivity contribution is -0.152. The van der Waals surface area contributed by atoms with E-state index in [4.69, 9.17) is 4.74 Å². The number of hydrogen-bond acceptors (Lipinski definition) is 3. The Bertz CT molecular complexity index is 328. The van der Waals surface area contributed by atoms with Gasteiger partial charge in [-0.2, -0.15) is 0 Å². The molecule has 0 spiro atoms. The molecule has 1 rings (SSSR count). The number of allylic oxidation sites excluding steroid dienone is 4. The van der Waals surface area contributed by atoms with Gasteiger partial charge in [-0.1, -0.05) is 24.3 Å². The van der Waals surface area contributed by atoms with Gasteiger partial charge in [0.25, 0.3) is 0 Å². The van der Waals surface area contributed by atoms with E-state index in [2.05, 4.69) is 0 Å². The van der Waals surface area contributed by atoms with Crippen LogP contribution >= 0.6 is 0 Å². The van der Waals surface area contributed by atoms with E-state index in [-0.39, 0.29) is 0 Å². The third kappa shape index (κ3) is 2.86. The Balaban J connectivity index is 3.05. The van der Waals surface area contributed by atoms with Crippen LogP contribution in [0.5, 0.6) is 0 Å². The van der Waals surface area contributed by atoms with E-state index in [1.807, 2.05) is 32.1 Å². The highest BCUT2D eigenvalue weighted by Crippen LogP contribution is 2.33. The molecule has 0 aromatic carbocycles. The smallest absolute Gasteiger partial charge is 0.142 e. The molecule has 1 aliphatic rings. The summed E-state index contributed by atoms with van der Waals surface area (Å²) >= 11 is 0. The first kappa shape index (κ1) is 14.2. The van der Waals surface area contributed by atoms with Gasteiger partial charge in [-0.3, -0.25) is 0 Å². The van der Waals surface area contributed by atoms with Crippen molar-refractivity contribution in [3.63, 3.8) is 0 Å². The van der Waals surface area contributed by atoms with Crippen LogP contribution in [0, 0.1) is 0 Å². The quantitative estimate of drug-likeness (QED) is 0.584. The van der Waals surface area contributed by atoms with Crippen LogP contribution in [0.2, 0.25) is 0 Å². The molecule has 1 heterocycles. The van der Waals surface area contributed by atoms with Crippen LogP contribution in [0.3, 0.4) is 0 Å². The van der Waals surface area contributed by atoms with Gasteiger partial charge < -0.3 is 14.9 Å². The van der Waals surface area contributed by atoms with Crippen molar-refractivity contribution in [3.8, 4) is 0 Å². The van der Waals surface area contributed by atoms with Gasteiger partial charge >= 0.3 is 0 Å². The summed E-state index contributed by atoms with van der Waals surface area (Å²) < 4.78 is 5.66. The van der Waals surface area contributed by atoms with Crippen LogP contribution in [-0.4, -0.2) is 34.6 Å². The Hall–Kier alpha value is -0.900.